The van der Waals surface area contributed by atoms with Gasteiger partial charge in [-0.2, -0.15) is 0 Å². The smallest absolute Gasteiger partial charge is 0.326 e. The zero-order chi connectivity index (χ0) is 17.6. The van der Waals surface area contributed by atoms with Crippen LogP contribution in [0.3, 0.4) is 0 Å². The van der Waals surface area contributed by atoms with Crippen LogP contribution in [-0.2, 0) is 4.79 Å². The van der Waals surface area contributed by atoms with Gasteiger partial charge in [-0.25, -0.2) is 14.8 Å². The summed E-state index contributed by atoms with van der Waals surface area (Å²) in [6.45, 7) is 2.03. The SMILES string of the molecule is CCCCC(Nc1nc(-c2ccncc2)nc2cnccc12)C(=O)O. The zero-order valence-corrected chi connectivity index (χ0v) is 13.9. The van der Waals surface area contributed by atoms with E-state index in [1.54, 1.807) is 30.9 Å². The molecule has 3 aromatic heterocycles. The zero-order valence-electron chi connectivity index (χ0n) is 13.9. The molecule has 2 N–H and O–H groups in total. The first-order chi connectivity index (χ1) is 12.2. The molecule has 0 aliphatic heterocycles. The van der Waals surface area contributed by atoms with Crippen LogP contribution in [0.2, 0.25) is 0 Å². The topological polar surface area (TPSA) is 101 Å². The van der Waals surface area contributed by atoms with E-state index < -0.39 is 12.0 Å². The minimum absolute atomic E-state index is 0.503. The molecule has 3 rings (SSSR count). The molecule has 0 aliphatic carbocycles. The van der Waals surface area contributed by atoms with Crippen molar-refractivity contribution in [2.45, 2.75) is 32.2 Å². The molecule has 7 nitrogen and oxygen atoms in total. The van der Waals surface area contributed by atoms with Crippen molar-refractivity contribution in [1.82, 2.24) is 19.9 Å². The van der Waals surface area contributed by atoms with Gasteiger partial charge in [0.25, 0.3) is 0 Å². The number of nitrogens with one attached hydrogen (secondary N) is 1. The first-order valence-corrected chi connectivity index (χ1v) is 8.20. The highest BCUT2D eigenvalue weighted by Gasteiger charge is 2.19. The Balaban J connectivity index is 2.04. The monoisotopic (exact) mass is 337 g/mol. The quantitative estimate of drug-likeness (QED) is 0.683. The Morgan fingerprint density at radius 3 is 2.64 bits per heavy atom. The van der Waals surface area contributed by atoms with E-state index in [1.807, 2.05) is 19.1 Å². The summed E-state index contributed by atoms with van der Waals surface area (Å²) in [5.74, 6) is 0.118. The summed E-state index contributed by atoms with van der Waals surface area (Å²) < 4.78 is 0. The van der Waals surface area contributed by atoms with E-state index in [0.717, 1.165) is 23.8 Å². The second-order valence-electron chi connectivity index (χ2n) is 5.70. The first-order valence-electron chi connectivity index (χ1n) is 8.20. The highest BCUT2D eigenvalue weighted by Crippen LogP contribution is 2.25. The van der Waals surface area contributed by atoms with E-state index in [1.165, 1.54) is 0 Å². The molecule has 0 radical (unpaired) electrons. The second kappa shape index (κ2) is 7.65. The van der Waals surface area contributed by atoms with Crippen LogP contribution in [0.25, 0.3) is 22.3 Å². The van der Waals surface area contributed by atoms with E-state index >= 15 is 0 Å². The van der Waals surface area contributed by atoms with Gasteiger partial charge < -0.3 is 10.4 Å². The summed E-state index contributed by atoms with van der Waals surface area (Å²) in [7, 11) is 0. The lowest BCUT2D eigenvalue weighted by atomic mass is 10.1. The number of rotatable bonds is 7. The molecule has 1 atom stereocenters. The Kier molecular flexibility index (Phi) is 5.13. The average molecular weight is 337 g/mol. The minimum Gasteiger partial charge on any atom is -0.480 e. The van der Waals surface area contributed by atoms with Gasteiger partial charge in [-0.05, 0) is 24.6 Å². The first kappa shape index (κ1) is 16.8. The van der Waals surface area contributed by atoms with Crippen LogP contribution in [-0.4, -0.2) is 37.1 Å². The van der Waals surface area contributed by atoms with Crippen molar-refractivity contribution in [3.05, 3.63) is 43.0 Å². The number of aliphatic carboxylic acids is 1. The maximum Gasteiger partial charge on any atom is 0.326 e. The Bertz CT molecular complexity index is 870. The Labute approximate surface area is 145 Å². The van der Waals surface area contributed by atoms with Gasteiger partial charge in [0.2, 0.25) is 0 Å². The molecular weight excluding hydrogens is 318 g/mol. The number of carbonyl (C=O) groups is 1. The minimum atomic E-state index is -0.889. The van der Waals surface area contributed by atoms with E-state index in [-0.39, 0.29) is 0 Å². The predicted molar refractivity (Wildman–Crippen MR) is 95.1 cm³/mol. The number of anilines is 1. The molecule has 25 heavy (non-hydrogen) atoms. The third-order valence-corrected chi connectivity index (χ3v) is 3.89. The Morgan fingerprint density at radius 2 is 1.92 bits per heavy atom. The third-order valence-electron chi connectivity index (χ3n) is 3.89. The van der Waals surface area contributed by atoms with Crippen molar-refractivity contribution in [3.63, 3.8) is 0 Å². The van der Waals surface area contributed by atoms with Crippen molar-refractivity contribution in [2.75, 3.05) is 5.32 Å². The van der Waals surface area contributed by atoms with Crippen molar-refractivity contribution in [2.24, 2.45) is 0 Å². The molecule has 0 saturated carbocycles. The fourth-order valence-corrected chi connectivity index (χ4v) is 2.55. The summed E-state index contributed by atoms with van der Waals surface area (Å²) in [6, 6.07) is 4.71. The highest BCUT2D eigenvalue weighted by atomic mass is 16.4. The Hall–Kier alpha value is -3.09. The summed E-state index contributed by atoms with van der Waals surface area (Å²) in [5.41, 5.74) is 1.47. The predicted octanol–water partition coefficient (Wildman–Crippen LogP) is 3.14. The number of hydrogen-bond donors (Lipinski definition) is 2. The number of pyridine rings is 2. The molecule has 0 bridgehead atoms. The maximum absolute atomic E-state index is 11.6. The van der Waals surface area contributed by atoms with Crippen LogP contribution >= 0.6 is 0 Å². The lowest BCUT2D eigenvalue weighted by molar-refractivity contribution is -0.138. The number of carboxylic acid groups (broad SMARTS) is 1. The average Bonchev–Trinajstić information content (AvgIpc) is 2.65. The molecule has 1 unspecified atom stereocenters. The lowest BCUT2D eigenvalue weighted by Gasteiger charge is -2.16. The molecule has 0 fully saturated rings. The standard InChI is InChI=1S/C18H19N5O2/c1-2-3-4-14(18(24)25)21-17-13-7-10-20-11-15(13)22-16(23-17)12-5-8-19-9-6-12/h5-11,14H,2-4H2,1H3,(H,24,25)(H,21,22,23). The van der Waals surface area contributed by atoms with Crippen molar-refractivity contribution in [1.29, 1.82) is 0 Å². The van der Waals surface area contributed by atoms with E-state index in [0.29, 0.717) is 23.6 Å². The normalized spacial score (nSPS) is 12.0. The summed E-state index contributed by atoms with van der Waals surface area (Å²) in [6.07, 6.45) is 8.92. The van der Waals surface area contributed by atoms with E-state index in [9.17, 15) is 9.90 Å². The van der Waals surface area contributed by atoms with E-state index in [2.05, 4.69) is 25.3 Å². The molecule has 128 valence electrons. The second-order valence-corrected chi connectivity index (χ2v) is 5.70. The number of unbranched alkanes of at least 4 members (excludes halogenated alkanes) is 1. The fourth-order valence-electron chi connectivity index (χ4n) is 2.55. The van der Waals surface area contributed by atoms with Gasteiger partial charge in [0.15, 0.2) is 5.82 Å². The Morgan fingerprint density at radius 1 is 1.16 bits per heavy atom. The number of carboxylic acids is 1. The van der Waals surface area contributed by atoms with Gasteiger partial charge in [-0.1, -0.05) is 19.8 Å². The molecule has 0 saturated heterocycles. The van der Waals surface area contributed by atoms with Crippen LogP contribution in [0.1, 0.15) is 26.2 Å². The number of hydrogen-bond acceptors (Lipinski definition) is 6. The third kappa shape index (κ3) is 3.88. The molecule has 0 amide bonds. The molecule has 7 heteroatoms. The molecule has 0 aromatic carbocycles. The van der Waals surface area contributed by atoms with Crippen LogP contribution < -0.4 is 5.32 Å². The van der Waals surface area contributed by atoms with Gasteiger partial charge in [-0.3, -0.25) is 9.97 Å². The summed E-state index contributed by atoms with van der Waals surface area (Å²) >= 11 is 0. The maximum atomic E-state index is 11.6. The molecule has 3 aromatic rings. The fraction of sp³-hybridized carbons (Fsp3) is 0.278. The summed E-state index contributed by atoms with van der Waals surface area (Å²) in [5, 5.41) is 13.3. The van der Waals surface area contributed by atoms with Crippen molar-refractivity contribution in [3.8, 4) is 11.4 Å². The largest absolute Gasteiger partial charge is 0.480 e. The lowest BCUT2D eigenvalue weighted by Crippen LogP contribution is -2.29. The van der Waals surface area contributed by atoms with Gasteiger partial charge in [0, 0.05) is 29.5 Å². The molecule has 0 aliphatic rings. The van der Waals surface area contributed by atoms with Crippen molar-refractivity contribution < 1.29 is 9.90 Å². The summed E-state index contributed by atoms with van der Waals surface area (Å²) in [4.78, 5) is 28.8. The van der Waals surface area contributed by atoms with Crippen LogP contribution in [0.5, 0.6) is 0 Å². The molecule has 0 spiro atoms. The number of nitrogens with zero attached hydrogens (tertiary/aromatic N) is 4. The van der Waals surface area contributed by atoms with Crippen LogP contribution in [0.4, 0.5) is 5.82 Å². The van der Waals surface area contributed by atoms with Gasteiger partial charge in [0.1, 0.15) is 11.9 Å². The van der Waals surface area contributed by atoms with Gasteiger partial charge >= 0.3 is 5.97 Å². The van der Waals surface area contributed by atoms with Crippen LogP contribution in [0, 0.1) is 0 Å². The van der Waals surface area contributed by atoms with Gasteiger partial charge in [-0.15, -0.1) is 0 Å². The van der Waals surface area contributed by atoms with E-state index in [4.69, 9.17) is 0 Å². The number of fused-ring (bicyclic) bond motifs is 1. The highest BCUT2D eigenvalue weighted by molar-refractivity contribution is 5.91. The number of aromatic nitrogens is 4. The molecule has 3 heterocycles. The van der Waals surface area contributed by atoms with Crippen LogP contribution in [0.15, 0.2) is 43.0 Å². The molecular formula is C18H19N5O2. The van der Waals surface area contributed by atoms with Crippen molar-refractivity contribution >= 4 is 22.7 Å². The van der Waals surface area contributed by atoms with Gasteiger partial charge in [0.05, 0.1) is 11.7 Å².